The Bertz CT molecular complexity index is 528. The van der Waals surface area contributed by atoms with Crippen molar-refractivity contribution in [1.82, 2.24) is 14.7 Å². The van der Waals surface area contributed by atoms with Crippen molar-refractivity contribution in [2.75, 3.05) is 14.1 Å². The Morgan fingerprint density at radius 3 is 2.37 bits per heavy atom. The molecule has 0 aliphatic rings. The van der Waals surface area contributed by atoms with Crippen LogP contribution in [0.4, 0.5) is 0 Å². The van der Waals surface area contributed by atoms with Crippen LogP contribution >= 0.6 is 0 Å². The van der Waals surface area contributed by atoms with Crippen LogP contribution < -0.4 is 5.73 Å². The van der Waals surface area contributed by atoms with Gasteiger partial charge in [-0.05, 0) is 46.1 Å². The van der Waals surface area contributed by atoms with Crippen LogP contribution in [-0.4, -0.2) is 34.3 Å². The highest BCUT2D eigenvalue weighted by Crippen LogP contribution is 2.28. The first-order chi connectivity index (χ1) is 8.94. The minimum Gasteiger partial charge on any atom is -0.321 e. The zero-order valence-corrected chi connectivity index (χ0v) is 12.0. The van der Waals surface area contributed by atoms with E-state index in [1.807, 2.05) is 55.2 Å². The molecule has 0 saturated carbocycles. The molecule has 0 bridgehead atoms. The van der Waals surface area contributed by atoms with Gasteiger partial charge in [0.2, 0.25) is 0 Å². The highest BCUT2D eigenvalue weighted by Gasteiger charge is 2.32. The first kappa shape index (κ1) is 13.8. The van der Waals surface area contributed by atoms with E-state index in [1.54, 1.807) is 6.20 Å². The molecule has 1 aromatic heterocycles. The topological polar surface area (TPSA) is 47.1 Å². The largest absolute Gasteiger partial charge is 0.321 e. The quantitative estimate of drug-likeness (QED) is 0.914. The zero-order chi connectivity index (χ0) is 14.0. The summed E-state index contributed by atoms with van der Waals surface area (Å²) in [5.41, 5.74) is 8.36. The number of benzene rings is 1. The summed E-state index contributed by atoms with van der Waals surface area (Å²) < 4.78 is 1.91. The van der Waals surface area contributed by atoms with Crippen molar-refractivity contribution < 1.29 is 0 Å². The summed E-state index contributed by atoms with van der Waals surface area (Å²) in [6.07, 6.45) is 1.80. The van der Waals surface area contributed by atoms with E-state index in [9.17, 15) is 0 Å². The predicted octanol–water partition coefficient (Wildman–Crippen LogP) is 2.21. The number of rotatable bonds is 4. The van der Waals surface area contributed by atoms with Gasteiger partial charge in [-0.3, -0.25) is 0 Å². The fraction of sp³-hybridized carbons (Fsp3) is 0.400. The molecule has 2 aromatic rings. The van der Waals surface area contributed by atoms with E-state index in [2.05, 4.69) is 23.8 Å². The third-order valence-corrected chi connectivity index (χ3v) is 3.91. The molecule has 4 heteroatoms. The average Bonchev–Trinajstić information content (AvgIpc) is 2.87. The van der Waals surface area contributed by atoms with E-state index in [4.69, 9.17) is 5.73 Å². The number of aromatic nitrogens is 2. The molecule has 0 radical (unpaired) electrons. The van der Waals surface area contributed by atoms with E-state index in [-0.39, 0.29) is 11.6 Å². The molecular weight excluding hydrogens is 236 g/mol. The SMILES string of the molecule is CN(C)C(C)(C)C(N)c1ccnn1-c1ccccc1. The predicted molar refractivity (Wildman–Crippen MR) is 78.3 cm³/mol. The minimum atomic E-state index is -0.146. The third kappa shape index (κ3) is 2.55. The maximum Gasteiger partial charge on any atom is 0.0652 e. The fourth-order valence-electron chi connectivity index (χ4n) is 1.97. The van der Waals surface area contributed by atoms with Crippen molar-refractivity contribution in [3.63, 3.8) is 0 Å². The summed E-state index contributed by atoms with van der Waals surface area (Å²) in [6, 6.07) is 11.9. The maximum absolute atomic E-state index is 6.45. The second-order valence-corrected chi connectivity index (χ2v) is 5.53. The molecule has 1 heterocycles. The first-order valence-electron chi connectivity index (χ1n) is 6.47. The molecule has 0 aliphatic heterocycles. The Morgan fingerprint density at radius 1 is 1.16 bits per heavy atom. The van der Waals surface area contributed by atoms with Crippen LogP contribution in [-0.2, 0) is 0 Å². The molecule has 19 heavy (non-hydrogen) atoms. The molecule has 102 valence electrons. The molecule has 2 N–H and O–H groups in total. The second-order valence-electron chi connectivity index (χ2n) is 5.53. The van der Waals surface area contributed by atoms with Crippen LogP contribution in [0.15, 0.2) is 42.6 Å². The number of nitrogens with zero attached hydrogens (tertiary/aromatic N) is 3. The lowest BCUT2D eigenvalue weighted by Gasteiger charge is -2.38. The molecule has 1 unspecified atom stereocenters. The summed E-state index contributed by atoms with van der Waals surface area (Å²) >= 11 is 0. The van der Waals surface area contributed by atoms with Crippen molar-refractivity contribution in [3.8, 4) is 5.69 Å². The Labute approximate surface area is 114 Å². The molecule has 0 saturated heterocycles. The van der Waals surface area contributed by atoms with Gasteiger partial charge < -0.3 is 10.6 Å². The number of nitrogens with two attached hydrogens (primary N) is 1. The highest BCUT2D eigenvalue weighted by molar-refractivity contribution is 5.33. The van der Waals surface area contributed by atoms with Gasteiger partial charge in [0, 0.05) is 11.7 Å². The van der Waals surface area contributed by atoms with Crippen molar-refractivity contribution >= 4 is 0 Å². The van der Waals surface area contributed by atoms with Crippen LogP contribution in [0.5, 0.6) is 0 Å². The molecule has 0 spiro atoms. The van der Waals surface area contributed by atoms with Crippen LogP contribution in [0.1, 0.15) is 25.6 Å². The zero-order valence-electron chi connectivity index (χ0n) is 12.0. The molecule has 0 fully saturated rings. The van der Waals surface area contributed by atoms with Crippen LogP contribution in [0, 0.1) is 0 Å². The van der Waals surface area contributed by atoms with Crippen molar-refractivity contribution in [3.05, 3.63) is 48.3 Å². The van der Waals surface area contributed by atoms with Gasteiger partial charge in [0.05, 0.1) is 17.4 Å². The molecule has 2 rings (SSSR count). The van der Waals surface area contributed by atoms with Gasteiger partial charge in [0.15, 0.2) is 0 Å². The monoisotopic (exact) mass is 258 g/mol. The lowest BCUT2D eigenvalue weighted by atomic mass is 9.91. The minimum absolute atomic E-state index is 0.120. The molecule has 4 nitrogen and oxygen atoms in total. The Balaban J connectivity index is 2.41. The lowest BCUT2D eigenvalue weighted by molar-refractivity contribution is 0.155. The first-order valence-corrected chi connectivity index (χ1v) is 6.47. The number of likely N-dealkylation sites (N-methyl/N-ethyl adjacent to an activating group) is 1. The summed E-state index contributed by atoms with van der Waals surface area (Å²) in [4.78, 5) is 2.14. The van der Waals surface area contributed by atoms with Gasteiger partial charge in [-0.2, -0.15) is 5.10 Å². The Hall–Kier alpha value is -1.65. The summed E-state index contributed by atoms with van der Waals surface area (Å²) in [5, 5.41) is 4.40. The Morgan fingerprint density at radius 2 is 1.79 bits per heavy atom. The van der Waals surface area contributed by atoms with E-state index < -0.39 is 0 Å². The molecule has 0 aliphatic carbocycles. The molecule has 1 aromatic carbocycles. The van der Waals surface area contributed by atoms with E-state index in [0.29, 0.717) is 0 Å². The summed E-state index contributed by atoms with van der Waals surface area (Å²) in [6.45, 7) is 4.28. The lowest BCUT2D eigenvalue weighted by Crippen LogP contribution is -2.48. The normalized spacial score (nSPS) is 13.8. The molecule has 0 amide bonds. The molecule has 1 atom stereocenters. The summed E-state index contributed by atoms with van der Waals surface area (Å²) in [5.74, 6) is 0. The van der Waals surface area contributed by atoms with Crippen molar-refractivity contribution in [2.45, 2.75) is 25.4 Å². The van der Waals surface area contributed by atoms with Gasteiger partial charge >= 0.3 is 0 Å². The van der Waals surface area contributed by atoms with E-state index in [0.717, 1.165) is 11.4 Å². The molecular formula is C15H22N4. The number of hydrogen-bond donors (Lipinski definition) is 1. The van der Waals surface area contributed by atoms with Crippen LogP contribution in [0.25, 0.3) is 5.69 Å². The van der Waals surface area contributed by atoms with Crippen LogP contribution in [0.3, 0.4) is 0 Å². The third-order valence-electron chi connectivity index (χ3n) is 3.91. The van der Waals surface area contributed by atoms with Crippen LogP contribution in [0.2, 0.25) is 0 Å². The van der Waals surface area contributed by atoms with Crippen molar-refractivity contribution in [1.29, 1.82) is 0 Å². The smallest absolute Gasteiger partial charge is 0.0652 e. The second kappa shape index (κ2) is 5.15. The van der Waals surface area contributed by atoms with Gasteiger partial charge in [-0.15, -0.1) is 0 Å². The van der Waals surface area contributed by atoms with Crippen molar-refractivity contribution in [2.24, 2.45) is 5.73 Å². The van der Waals surface area contributed by atoms with Gasteiger partial charge in [-0.1, -0.05) is 18.2 Å². The Kier molecular flexibility index (Phi) is 3.73. The fourth-order valence-corrected chi connectivity index (χ4v) is 1.97. The van der Waals surface area contributed by atoms with Gasteiger partial charge in [-0.25, -0.2) is 4.68 Å². The van der Waals surface area contributed by atoms with Gasteiger partial charge in [0.25, 0.3) is 0 Å². The standard InChI is InChI=1S/C15H22N4/c1-15(2,18(3)4)14(16)13-10-11-17-19(13)12-8-6-5-7-9-12/h5-11,14H,16H2,1-4H3. The maximum atomic E-state index is 6.45. The highest BCUT2D eigenvalue weighted by atomic mass is 15.3. The van der Waals surface area contributed by atoms with E-state index >= 15 is 0 Å². The van der Waals surface area contributed by atoms with Gasteiger partial charge in [0.1, 0.15) is 0 Å². The number of para-hydroxylation sites is 1. The number of hydrogen-bond acceptors (Lipinski definition) is 3. The average molecular weight is 258 g/mol. The summed E-state index contributed by atoms with van der Waals surface area (Å²) in [7, 11) is 4.09. The van der Waals surface area contributed by atoms with E-state index in [1.165, 1.54) is 0 Å².